The Morgan fingerprint density at radius 3 is 2.66 bits per heavy atom. The molecule has 1 unspecified atom stereocenters. The minimum atomic E-state index is -0.248. The maximum atomic E-state index is 12.9. The highest BCUT2D eigenvalue weighted by Crippen LogP contribution is 2.44. The second-order valence-electron chi connectivity index (χ2n) is 7.73. The molecule has 7 heteroatoms. The molecule has 0 spiro atoms. The fourth-order valence-corrected chi connectivity index (χ4v) is 5.58. The highest BCUT2D eigenvalue weighted by atomic mass is 35.5. The highest BCUT2D eigenvalue weighted by Gasteiger charge is 2.29. The Hall–Kier alpha value is -3.09. The Morgan fingerprint density at radius 1 is 1.06 bits per heavy atom. The van der Waals surface area contributed by atoms with Crippen LogP contribution in [-0.4, -0.2) is 10.9 Å². The van der Waals surface area contributed by atoms with Crippen molar-refractivity contribution in [2.45, 2.75) is 31.7 Å². The molecule has 5 nitrogen and oxygen atoms in total. The van der Waals surface area contributed by atoms with Crippen molar-refractivity contribution in [2.24, 2.45) is 0 Å². The van der Waals surface area contributed by atoms with Crippen LogP contribution in [0.5, 0.6) is 0 Å². The van der Waals surface area contributed by atoms with Crippen molar-refractivity contribution >= 4 is 39.7 Å². The largest absolute Gasteiger partial charge is 0.459 e. The molecule has 1 aromatic carbocycles. The maximum absolute atomic E-state index is 12.9. The zero-order valence-electron chi connectivity index (χ0n) is 17.3. The zero-order valence-corrected chi connectivity index (χ0v) is 18.9. The average molecular weight is 464 g/mol. The highest BCUT2D eigenvalue weighted by molar-refractivity contribution is 7.16. The number of furan rings is 1. The molecule has 0 radical (unpaired) electrons. The van der Waals surface area contributed by atoms with Crippen molar-refractivity contribution in [1.82, 2.24) is 4.98 Å². The van der Waals surface area contributed by atoms with Crippen LogP contribution in [0, 0.1) is 0 Å². The van der Waals surface area contributed by atoms with Crippen molar-refractivity contribution in [2.75, 3.05) is 10.6 Å². The third-order valence-corrected chi connectivity index (χ3v) is 7.11. The first kappa shape index (κ1) is 20.8. The van der Waals surface area contributed by atoms with E-state index in [9.17, 15) is 4.79 Å². The molecule has 1 aliphatic carbocycles. The topological polar surface area (TPSA) is 67.2 Å². The second kappa shape index (κ2) is 9.18. The third kappa shape index (κ3) is 4.29. The summed E-state index contributed by atoms with van der Waals surface area (Å²) in [4.78, 5) is 18.7. The summed E-state index contributed by atoms with van der Waals surface area (Å²) >= 11 is 7.84. The number of hydrogen-bond acceptors (Lipinski definition) is 5. The van der Waals surface area contributed by atoms with Crippen molar-refractivity contribution in [3.8, 4) is 0 Å². The second-order valence-corrected chi connectivity index (χ2v) is 9.27. The van der Waals surface area contributed by atoms with Crippen molar-refractivity contribution in [3.05, 3.63) is 99.4 Å². The number of pyridine rings is 1. The number of rotatable bonds is 6. The van der Waals surface area contributed by atoms with Crippen LogP contribution >= 0.6 is 22.9 Å². The van der Waals surface area contributed by atoms with Gasteiger partial charge in [0, 0.05) is 21.7 Å². The monoisotopic (exact) mass is 463 g/mol. The number of amides is 1. The molecular formula is C25H22ClN3O2S. The zero-order chi connectivity index (χ0) is 21.9. The van der Waals surface area contributed by atoms with Gasteiger partial charge in [0.25, 0.3) is 5.91 Å². The van der Waals surface area contributed by atoms with E-state index < -0.39 is 0 Å². The Bertz CT molecular complexity index is 1200. The molecule has 0 saturated carbocycles. The van der Waals surface area contributed by atoms with Crippen LogP contribution in [0.4, 0.5) is 10.8 Å². The Kier molecular flexibility index (Phi) is 5.97. The van der Waals surface area contributed by atoms with Crippen molar-refractivity contribution < 1.29 is 9.21 Å². The summed E-state index contributed by atoms with van der Waals surface area (Å²) in [5.74, 6) is 0.817. The first-order valence-electron chi connectivity index (χ1n) is 10.6. The van der Waals surface area contributed by atoms with Crippen LogP contribution in [0.1, 0.15) is 51.0 Å². The van der Waals surface area contributed by atoms with Crippen LogP contribution in [-0.2, 0) is 12.8 Å². The third-order valence-electron chi connectivity index (χ3n) is 5.63. The average Bonchev–Trinajstić information content (AvgIpc) is 3.47. The van der Waals surface area contributed by atoms with Gasteiger partial charge in [0.2, 0.25) is 0 Å². The molecule has 2 N–H and O–H groups in total. The number of nitrogens with zero attached hydrogens (tertiary/aromatic N) is 1. The van der Waals surface area contributed by atoms with Crippen LogP contribution in [0.15, 0.2) is 71.5 Å². The lowest BCUT2D eigenvalue weighted by Gasteiger charge is -2.24. The van der Waals surface area contributed by atoms with Gasteiger partial charge in [-0.2, -0.15) is 0 Å². The molecule has 162 valence electrons. The number of carbonyl (C=O) groups is 1. The van der Waals surface area contributed by atoms with E-state index in [2.05, 4.69) is 15.6 Å². The first-order valence-corrected chi connectivity index (χ1v) is 11.8. The summed E-state index contributed by atoms with van der Waals surface area (Å²) in [7, 11) is 0. The number of benzene rings is 1. The van der Waals surface area contributed by atoms with Crippen LogP contribution in [0.3, 0.4) is 0 Å². The Labute approximate surface area is 195 Å². The molecule has 32 heavy (non-hydrogen) atoms. The predicted octanol–water partition coefficient (Wildman–Crippen LogP) is 6.72. The van der Waals surface area contributed by atoms with Gasteiger partial charge in [-0.25, -0.2) is 4.98 Å². The summed E-state index contributed by atoms with van der Waals surface area (Å²) in [6.45, 7) is 0. The molecule has 1 aliphatic rings. The molecule has 0 fully saturated rings. The molecule has 0 bridgehead atoms. The lowest BCUT2D eigenvalue weighted by atomic mass is 9.89. The van der Waals surface area contributed by atoms with Gasteiger partial charge in [-0.15, -0.1) is 11.3 Å². The van der Waals surface area contributed by atoms with Gasteiger partial charge in [-0.05, 0) is 73.2 Å². The van der Waals surface area contributed by atoms with E-state index in [1.807, 2.05) is 42.5 Å². The standard InChI is InChI=1S/C25H22ClN3O2S/c26-17-12-10-16(11-13-17)23(28-21-9-3-4-14-27-21)22-18-6-1-2-8-20(18)32-25(22)29-24(30)19-7-5-15-31-19/h3-5,7,9-15,23H,1-2,6,8H2,(H,27,28)(H,29,30). The quantitative estimate of drug-likeness (QED) is 0.333. The molecule has 0 saturated heterocycles. The summed E-state index contributed by atoms with van der Waals surface area (Å²) in [6.07, 6.45) is 7.60. The van der Waals surface area contributed by atoms with Crippen LogP contribution in [0.2, 0.25) is 5.02 Å². The van der Waals surface area contributed by atoms with Gasteiger partial charge < -0.3 is 15.1 Å². The van der Waals surface area contributed by atoms with Gasteiger partial charge >= 0.3 is 0 Å². The molecule has 0 aliphatic heterocycles. The lowest BCUT2D eigenvalue weighted by Crippen LogP contribution is -2.18. The van der Waals surface area contributed by atoms with E-state index >= 15 is 0 Å². The van der Waals surface area contributed by atoms with Crippen LogP contribution < -0.4 is 10.6 Å². The number of anilines is 2. The minimum Gasteiger partial charge on any atom is -0.459 e. The van der Waals surface area contributed by atoms with E-state index in [1.165, 1.54) is 16.7 Å². The summed E-state index contributed by atoms with van der Waals surface area (Å²) in [6, 6.07) is 16.8. The van der Waals surface area contributed by atoms with E-state index in [4.69, 9.17) is 16.0 Å². The molecule has 3 aromatic heterocycles. The Balaban J connectivity index is 1.61. The van der Waals surface area contributed by atoms with E-state index in [1.54, 1.807) is 29.7 Å². The first-order chi connectivity index (χ1) is 15.7. The van der Waals surface area contributed by atoms with E-state index in [-0.39, 0.29) is 11.9 Å². The normalized spacial score (nSPS) is 13.9. The maximum Gasteiger partial charge on any atom is 0.291 e. The van der Waals surface area contributed by atoms with Crippen molar-refractivity contribution in [3.63, 3.8) is 0 Å². The van der Waals surface area contributed by atoms with Gasteiger partial charge in [-0.1, -0.05) is 29.8 Å². The number of nitrogens with one attached hydrogen (secondary N) is 2. The number of hydrogen-bond donors (Lipinski definition) is 2. The van der Waals surface area contributed by atoms with Crippen LogP contribution in [0.25, 0.3) is 0 Å². The SMILES string of the molecule is O=C(Nc1sc2c(c1C(Nc1ccccn1)c1ccc(Cl)cc1)CCCC2)c1ccco1. The fraction of sp³-hybridized carbons (Fsp3) is 0.200. The number of aryl methyl sites for hydroxylation is 1. The number of carbonyl (C=O) groups excluding carboxylic acids is 1. The lowest BCUT2D eigenvalue weighted by molar-refractivity contribution is 0.0997. The van der Waals surface area contributed by atoms with Gasteiger partial charge in [0.15, 0.2) is 5.76 Å². The number of thiophene rings is 1. The van der Waals surface area contributed by atoms with Gasteiger partial charge in [-0.3, -0.25) is 4.79 Å². The molecule has 1 atom stereocenters. The molecule has 4 aromatic rings. The smallest absolute Gasteiger partial charge is 0.291 e. The summed E-state index contributed by atoms with van der Waals surface area (Å²) in [5.41, 5.74) is 3.47. The van der Waals surface area contributed by atoms with Gasteiger partial charge in [0.05, 0.1) is 12.3 Å². The molecule has 1 amide bonds. The number of halogens is 1. The van der Waals surface area contributed by atoms with E-state index in [0.29, 0.717) is 10.8 Å². The fourth-order valence-electron chi connectivity index (χ4n) is 4.13. The molecular weight excluding hydrogens is 442 g/mol. The number of aromatic nitrogens is 1. The molecule has 5 rings (SSSR count). The summed E-state index contributed by atoms with van der Waals surface area (Å²) in [5, 5.41) is 8.24. The molecule has 3 heterocycles. The minimum absolute atomic E-state index is 0.188. The number of fused-ring (bicyclic) bond motifs is 1. The predicted molar refractivity (Wildman–Crippen MR) is 129 cm³/mol. The van der Waals surface area contributed by atoms with Crippen molar-refractivity contribution in [1.29, 1.82) is 0 Å². The van der Waals surface area contributed by atoms with E-state index in [0.717, 1.165) is 47.6 Å². The Morgan fingerprint density at radius 2 is 1.91 bits per heavy atom. The summed E-state index contributed by atoms with van der Waals surface area (Å²) < 4.78 is 5.32. The van der Waals surface area contributed by atoms with Gasteiger partial charge in [0.1, 0.15) is 10.8 Å².